The minimum atomic E-state index is -0.335. The number of nitrogens with one attached hydrogen (secondary N) is 1. The smallest absolute Gasteiger partial charge is 0.231 e. The first-order valence-electron chi connectivity index (χ1n) is 8.12. The molecule has 2 aromatic rings. The van der Waals surface area contributed by atoms with Crippen LogP contribution >= 0.6 is 11.3 Å². The molecule has 0 radical (unpaired) electrons. The molecule has 3 heterocycles. The van der Waals surface area contributed by atoms with E-state index >= 15 is 0 Å². The molecule has 4 rings (SSSR count). The maximum Gasteiger partial charge on any atom is 0.231 e. The predicted molar refractivity (Wildman–Crippen MR) is 93.9 cm³/mol. The Morgan fingerprint density at radius 1 is 1.32 bits per heavy atom. The van der Waals surface area contributed by atoms with E-state index in [1.165, 1.54) is 5.56 Å². The van der Waals surface area contributed by atoms with Crippen molar-refractivity contribution in [2.24, 2.45) is 5.92 Å². The quantitative estimate of drug-likeness (QED) is 0.912. The van der Waals surface area contributed by atoms with Crippen LogP contribution in [0.15, 0.2) is 29.6 Å². The van der Waals surface area contributed by atoms with Crippen LogP contribution in [0.25, 0.3) is 0 Å². The summed E-state index contributed by atoms with van der Waals surface area (Å²) in [7, 11) is 0. The summed E-state index contributed by atoms with van der Waals surface area (Å²) in [5, 5.41) is 4.96. The summed E-state index contributed by atoms with van der Waals surface area (Å²) < 4.78 is 10.7. The first-order chi connectivity index (χ1) is 12.1. The van der Waals surface area contributed by atoms with Gasteiger partial charge in [-0.25, -0.2) is 0 Å². The second-order valence-electron chi connectivity index (χ2n) is 6.19. The summed E-state index contributed by atoms with van der Waals surface area (Å²) >= 11 is 1.63. The Bertz CT molecular complexity index is 832. The highest BCUT2D eigenvalue weighted by Crippen LogP contribution is 2.37. The van der Waals surface area contributed by atoms with Crippen molar-refractivity contribution in [1.29, 1.82) is 0 Å². The Kier molecular flexibility index (Phi) is 4.09. The minimum Gasteiger partial charge on any atom is -0.454 e. The number of hydrogen-bond donors (Lipinski definition) is 1. The van der Waals surface area contributed by atoms with Crippen molar-refractivity contribution >= 4 is 28.8 Å². The Morgan fingerprint density at radius 3 is 2.96 bits per heavy atom. The van der Waals surface area contributed by atoms with Gasteiger partial charge in [0, 0.05) is 29.6 Å². The third kappa shape index (κ3) is 3.07. The normalized spacial score (nSPS) is 18.7. The molecular weight excluding hydrogens is 340 g/mol. The van der Waals surface area contributed by atoms with Crippen molar-refractivity contribution in [1.82, 2.24) is 5.32 Å². The monoisotopic (exact) mass is 358 g/mol. The number of aryl methyl sites for hydroxylation is 1. The lowest BCUT2D eigenvalue weighted by atomic mass is 10.1. The molecule has 2 aliphatic rings. The lowest BCUT2D eigenvalue weighted by Gasteiger charge is -2.17. The number of fused-ring (bicyclic) bond motifs is 1. The van der Waals surface area contributed by atoms with Crippen LogP contribution in [0.3, 0.4) is 0 Å². The van der Waals surface area contributed by atoms with Crippen LogP contribution in [-0.4, -0.2) is 25.2 Å². The van der Waals surface area contributed by atoms with Gasteiger partial charge in [0.2, 0.25) is 18.6 Å². The largest absolute Gasteiger partial charge is 0.454 e. The van der Waals surface area contributed by atoms with Gasteiger partial charge in [-0.3, -0.25) is 9.59 Å². The number of hydrogen-bond acceptors (Lipinski definition) is 5. The van der Waals surface area contributed by atoms with Crippen LogP contribution in [0, 0.1) is 12.8 Å². The maximum atomic E-state index is 12.4. The summed E-state index contributed by atoms with van der Waals surface area (Å²) in [4.78, 5) is 27.6. The Balaban J connectivity index is 1.41. The zero-order chi connectivity index (χ0) is 17.4. The summed E-state index contributed by atoms with van der Waals surface area (Å²) in [5.41, 5.74) is 1.91. The highest BCUT2D eigenvalue weighted by Gasteiger charge is 2.35. The molecule has 25 heavy (non-hydrogen) atoms. The molecular formula is C18H18N2O4S. The number of anilines is 1. The Morgan fingerprint density at radius 2 is 2.16 bits per heavy atom. The molecule has 1 atom stereocenters. The molecule has 1 N–H and O–H groups in total. The van der Waals surface area contributed by atoms with Crippen LogP contribution in [0.1, 0.15) is 16.9 Å². The molecule has 7 heteroatoms. The number of benzene rings is 1. The van der Waals surface area contributed by atoms with Gasteiger partial charge in [0.25, 0.3) is 0 Å². The molecule has 0 saturated carbocycles. The predicted octanol–water partition coefficient (Wildman–Crippen LogP) is 2.45. The van der Waals surface area contributed by atoms with E-state index in [2.05, 4.69) is 5.32 Å². The molecule has 2 amide bonds. The van der Waals surface area contributed by atoms with E-state index in [9.17, 15) is 9.59 Å². The van der Waals surface area contributed by atoms with Gasteiger partial charge in [0.05, 0.1) is 12.5 Å². The van der Waals surface area contributed by atoms with E-state index in [-0.39, 0.29) is 30.9 Å². The van der Waals surface area contributed by atoms with Crippen LogP contribution in [0.5, 0.6) is 11.5 Å². The highest BCUT2D eigenvalue weighted by molar-refractivity contribution is 7.10. The molecule has 130 valence electrons. The number of carbonyl (C=O) groups is 2. The second-order valence-corrected chi connectivity index (χ2v) is 7.19. The fourth-order valence-electron chi connectivity index (χ4n) is 3.08. The van der Waals surface area contributed by atoms with Crippen LogP contribution in [0.4, 0.5) is 5.69 Å². The molecule has 2 aliphatic heterocycles. The van der Waals surface area contributed by atoms with Gasteiger partial charge in [-0.15, -0.1) is 11.3 Å². The lowest BCUT2D eigenvalue weighted by Crippen LogP contribution is -2.32. The highest BCUT2D eigenvalue weighted by atomic mass is 32.1. The van der Waals surface area contributed by atoms with Gasteiger partial charge >= 0.3 is 0 Å². The standard InChI is InChI=1S/C18H18N2O4S/c1-11-4-5-25-16(11)8-19-18(22)12-6-17(21)20(9-12)13-2-3-14-15(7-13)24-10-23-14/h2-5,7,12H,6,8-10H2,1H3,(H,19,22). The van der Waals surface area contributed by atoms with Crippen LogP contribution in [-0.2, 0) is 16.1 Å². The van der Waals surface area contributed by atoms with Gasteiger partial charge in [-0.05, 0) is 36.1 Å². The van der Waals surface area contributed by atoms with Gasteiger partial charge < -0.3 is 19.7 Å². The third-order valence-corrected chi connectivity index (χ3v) is 5.58. The number of carbonyl (C=O) groups excluding carboxylic acids is 2. The lowest BCUT2D eigenvalue weighted by molar-refractivity contribution is -0.126. The van der Waals surface area contributed by atoms with Gasteiger partial charge in [-0.1, -0.05) is 0 Å². The first kappa shape index (κ1) is 16.0. The summed E-state index contributed by atoms with van der Waals surface area (Å²) in [6, 6.07) is 7.43. The van der Waals surface area contributed by atoms with Crippen molar-refractivity contribution in [3.63, 3.8) is 0 Å². The fourth-order valence-corrected chi connectivity index (χ4v) is 3.93. The maximum absolute atomic E-state index is 12.4. The van der Waals surface area contributed by atoms with E-state index < -0.39 is 0 Å². The van der Waals surface area contributed by atoms with Crippen molar-refractivity contribution in [3.05, 3.63) is 40.1 Å². The number of ether oxygens (including phenoxy) is 2. The van der Waals surface area contributed by atoms with Gasteiger partial charge in [0.15, 0.2) is 11.5 Å². The van der Waals surface area contributed by atoms with E-state index in [1.807, 2.05) is 24.4 Å². The molecule has 1 aromatic heterocycles. The van der Waals surface area contributed by atoms with Gasteiger partial charge in [0.1, 0.15) is 0 Å². The second kappa shape index (κ2) is 6.40. The number of nitrogens with zero attached hydrogens (tertiary/aromatic N) is 1. The van der Waals surface area contributed by atoms with E-state index in [0.29, 0.717) is 24.6 Å². The number of thiophene rings is 1. The summed E-state index contributed by atoms with van der Waals surface area (Å²) in [5.74, 6) is 0.844. The molecule has 1 saturated heterocycles. The molecule has 1 unspecified atom stereocenters. The molecule has 6 nitrogen and oxygen atoms in total. The number of rotatable bonds is 4. The van der Waals surface area contributed by atoms with Gasteiger partial charge in [-0.2, -0.15) is 0 Å². The molecule has 0 bridgehead atoms. The summed E-state index contributed by atoms with van der Waals surface area (Å²) in [6.45, 7) is 3.11. The molecule has 0 aliphatic carbocycles. The topological polar surface area (TPSA) is 67.9 Å². The van der Waals surface area contributed by atoms with Crippen molar-refractivity contribution < 1.29 is 19.1 Å². The van der Waals surface area contributed by atoms with Crippen LogP contribution in [0.2, 0.25) is 0 Å². The Hall–Kier alpha value is -2.54. The SMILES string of the molecule is Cc1ccsc1CNC(=O)C1CC(=O)N(c2ccc3c(c2)OCO3)C1. The average molecular weight is 358 g/mol. The zero-order valence-electron chi connectivity index (χ0n) is 13.8. The van der Waals surface area contributed by atoms with Crippen molar-refractivity contribution in [3.8, 4) is 11.5 Å². The molecule has 1 aromatic carbocycles. The van der Waals surface area contributed by atoms with Crippen LogP contribution < -0.4 is 19.7 Å². The van der Waals surface area contributed by atoms with E-state index in [0.717, 1.165) is 10.6 Å². The summed E-state index contributed by atoms with van der Waals surface area (Å²) in [6.07, 6.45) is 0.226. The molecule has 1 fully saturated rings. The van der Waals surface area contributed by atoms with E-state index in [1.54, 1.807) is 28.4 Å². The molecule has 0 spiro atoms. The fraction of sp³-hybridized carbons (Fsp3) is 0.333. The zero-order valence-corrected chi connectivity index (χ0v) is 14.6. The van der Waals surface area contributed by atoms with E-state index in [4.69, 9.17) is 9.47 Å². The third-order valence-electron chi connectivity index (χ3n) is 4.55. The average Bonchev–Trinajstić information content (AvgIpc) is 3.31. The van der Waals surface area contributed by atoms with Crippen molar-refractivity contribution in [2.45, 2.75) is 19.9 Å². The minimum absolute atomic E-state index is 0.0497. The first-order valence-corrected chi connectivity index (χ1v) is 9.00. The van der Waals surface area contributed by atoms with Crippen molar-refractivity contribution in [2.75, 3.05) is 18.2 Å². The Labute approximate surface area is 149 Å². The number of amides is 2.